The summed E-state index contributed by atoms with van der Waals surface area (Å²) in [6.07, 6.45) is 4.94. The molecule has 7 nitrogen and oxygen atoms in total. The second kappa shape index (κ2) is 7.53. The fourth-order valence-electron chi connectivity index (χ4n) is 2.54. The maximum absolute atomic E-state index is 12.8. The van der Waals surface area contributed by atoms with Gasteiger partial charge in [-0.1, -0.05) is 27.3 Å². The van der Waals surface area contributed by atoms with Crippen LogP contribution in [0.4, 0.5) is 0 Å². The lowest BCUT2D eigenvalue weighted by Crippen LogP contribution is -2.23. The van der Waals surface area contributed by atoms with Gasteiger partial charge >= 0.3 is 5.97 Å². The largest absolute Gasteiger partial charge is 0.425 e. The predicted octanol–water partition coefficient (Wildman–Crippen LogP) is 3.21. The number of hydrogen-bond donors (Lipinski definition) is 0. The monoisotopic (exact) mass is 520 g/mol. The van der Waals surface area contributed by atoms with E-state index in [-0.39, 0.29) is 5.56 Å². The number of esters is 1. The van der Waals surface area contributed by atoms with Gasteiger partial charge in [-0.25, -0.2) is 0 Å². The molecular weight excluding hydrogens is 512 g/mol. The molecule has 4 aromatic rings. The molecule has 0 radical (unpaired) electrons. The van der Waals surface area contributed by atoms with Crippen LogP contribution < -0.4 is 14.8 Å². The Kier molecular flexibility index (Phi) is 5.09. The zero-order chi connectivity index (χ0) is 19.8. The molecule has 0 unspecified atom stereocenters. The van der Waals surface area contributed by atoms with Crippen molar-refractivity contribution in [3.63, 3.8) is 0 Å². The minimum atomic E-state index is -0.454. The molecule has 0 spiro atoms. The summed E-state index contributed by atoms with van der Waals surface area (Å²) in [6, 6.07) is 7.08. The Morgan fingerprint density at radius 1 is 1.25 bits per heavy atom. The predicted molar refractivity (Wildman–Crippen MR) is 112 cm³/mol. The number of rotatable bonds is 3. The number of nitrogens with zero attached hydrogens (tertiary/aromatic N) is 4. The van der Waals surface area contributed by atoms with Gasteiger partial charge < -0.3 is 4.74 Å². The van der Waals surface area contributed by atoms with Gasteiger partial charge in [-0.05, 0) is 46.3 Å². The molecule has 0 amide bonds. The van der Waals surface area contributed by atoms with Gasteiger partial charge in [0.25, 0.3) is 5.56 Å². The van der Waals surface area contributed by atoms with E-state index in [1.165, 1.54) is 22.8 Å². The zero-order valence-electron chi connectivity index (χ0n) is 14.2. The van der Waals surface area contributed by atoms with E-state index in [1.54, 1.807) is 42.7 Å². The van der Waals surface area contributed by atoms with Crippen molar-refractivity contribution in [2.45, 2.75) is 6.92 Å². The standard InChI is InChI=1S/C18H10Br2N4O3S/c1-9(25)27-15-11(6-12(19)8-13(15)20)7-14-17(26)24-18(28-14)22-16(23-24)10-2-4-21-5-3-10/h2-8H,1H3/b14-7-. The van der Waals surface area contributed by atoms with Crippen LogP contribution in [0.5, 0.6) is 5.75 Å². The van der Waals surface area contributed by atoms with Crippen molar-refractivity contribution in [2.24, 2.45) is 0 Å². The molecule has 0 N–H and O–H groups in total. The summed E-state index contributed by atoms with van der Waals surface area (Å²) in [7, 11) is 0. The molecule has 3 heterocycles. The molecule has 3 aromatic heterocycles. The molecule has 0 bridgehead atoms. The Morgan fingerprint density at radius 3 is 2.68 bits per heavy atom. The summed E-state index contributed by atoms with van der Waals surface area (Å²) >= 11 is 8.00. The van der Waals surface area contributed by atoms with Crippen molar-refractivity contribution >= 4 is 60.2 Å². The smallest absolute Gasteiger partial charge is 0.308 e. The first kappa shape index (κ1) is 18.9. The highest BCUT2D eigenvalue weighted by Gasteiger charge is 2.14. The highest BCUT2D eigenvalue weighted by molar-refractivity contribution is 9.11. The number of fused-ring (bicyclic) bond motifs is 1. The van der Waals surface area contributed by atoms with E-state index >= 15 is 0 Å². The maximum atomic E-state index is 12.8. The molecule has 10 heteroatoms. The van der Waals surface area contributed by atoms with Crippen LogP contribution in [0.15, 0.2) is 50.4 Å². The molecule has 0 fully saturated rings. The van der Waals surface area contributed by atoms with Crippen molar-refractivity contribution in [3.05, 3.63) is 66.1 Å². The van der Waals surface area contributed by atoms with Crippen molar-refractivity contribution in [1.82, 2.24) is 19.6 Å². The number of hydrogen-bond acceptors (Lipinski definition) is 7. The van der Waals surface area contributed by atoms with E-state index in [0.717, 1.165) is 10.0 Å². The van der Waals surface area contributed by atoms with Crippen molar-refractivity contribution in [1.29, 1.82) is 0 Å². The summed E-state index contributed by atoms with van der Waals surface area (Å²) in [6.45, 7) is 1.32. The Morgan fingerprint density at radius 2 is 2.00 bits per heavy atom. The number of ether oxygens (including phenoxy) is 1. The Labute approximate surface area is 179 Å². The molecule has 0 atom stereocenters. The molecular formula is C18H10Br2N4O3S. The highest BCUT2D eigenvalue weighted by atomic mass is 79.9. The zero-order valence-corrected chi connectivity index (χ0v) is 18.2. The number of pyridine rings is 1. The topological polar surface area (TPSA) is 86.4 Å². The number of carbonyl (C=O) groups excluding carboxylic acids is 1. The van der Waals surface area contributed by atoms with Crippen LogP contribution in [0, 0.1) is 0 Å². The molecule has 1 aromatic carbocycles. The summed E-state index contributed by atoms with van der Waals surface area (Å²) in [5, 5.41) is 4.30. The fraction of sp³-hybridized carbons (Fsp3) is 0.0556. The fourth-order valence-corrected chi connectivity index (χ4v) is 4.78. The molecule has 0 saturated heterocycles. The minimum absolute atomic E-state index is 0.294. The van der Waals surface area contributed by atoms with Gasteiger partial charge in [-0.15, -0.1) is 5.10 Å². The lowest BCUT2D eigenvalue weighted by Gasteiger charge is -2.08. The van der Waals surface area contributed by atoms with Gasteiger partial charge in [-0.3, -0.25) is 14.6 Å². The summed E-state index contributed by atoms with van der Waals surface area (Å²) in [5.74, 6) is 0.347. The van der Waals surface area contributed by atoms with Crippen LogP contribution >= 0.6 is 43.2 Å². The number of aromatic nitrogens is 4. The first-order valence-corrected chi connectivity index (χ1v) is 10.3. The third kappa shape index (κ3) is 3.62. The first-order valence-electron chi connectivity index (χ1n) is 7.91. The number of thiazole rings is 1. The number of benzene rings is 1. The molecule has 0 aliphatic carbocycles. The normalized spacial score (nSPS) is 11.9. The number of halogens is 2. The summed E-state index contributed by atoms with van der Waals surface area (Å²) in [4.78, 5) is 33.1. The van der Waals surface area contributed by atoms with Gasteiger partial charge in [0.15, 0.2) is 11.6 Å². The van der Waals surface area contributed by atoms with E-state index in [0.29, 0.717) is 31.1 Å². The molecule has 0 aliphatic rings. The van der Waals surface area contributed by atoms with E-state index in [2.05, 4.69) is 46.9 Å². The molecule has 0 aliphatic heterocycles. The molecule has 140 valence electrons. The van der Waals surface area contributed by atoms with Gasteiger partial charge in [-0.2, -0.15) is 9.50 Å². The van der Waals surface area contributed by atoms with Crippen LogP contribution in [0.25, 0.3) is 22.4 Å². The minimum Gasteiger partial charge on any atom is -0.425 e. The summed E-state index contributed by atoms with van der Waals surface area (Å²) < 4.78 is 8.36. The average Bonchev–Trinajstić information content (AvgIpc) is 3.19. The Balaban J connectivity index is 1.85. The van der Waals surface area contributed by atoms with Crippen LogP contribution in [0.1, 0.15) is 12.5 Å². The van der Waals surface area contributed by atoms with Crippen LogP contribution in [0.2, 0.25) is 0 Å². The van der Waals surface area contributed by atoms with Crippen LogP contribution in [0.3, 0.4) is 0 Å². The van der Waals surface area contributed by atoms with Gasteiger partial charge in [0, 0.05) is 34.9 Å². The number of carbonyl (C=O) groups is 1. The second-order valence-corrected chi connectivity index (χ2v) is 8.46. The van der Waals surface area contributed by atoms with Crippen LogP contribution in [-0.2, 0) is 4.79 Å². The van der Waals surface area contributed by atoms with E-state index in [1.807, 2.05) is 0 Å². The van der Waals surface area contributed by atoms with Gasteiger partial charge in [0.05, 0.1) is 9.01 Å². The maximum Gasteiger partial charge on any atom is 0.308 e. The van der Waals surface area contributed by atoms with Gasteiger partial charge in [0.2, 0.25) is 4.96 Å². The van der Waals surface area contributed by atoms with Crippen molar-refractivity contribution in [2.75, 3.05) is 0 Å². The van der Waals surface area contributed by atoms with E-state index in [4.69, 9.17) is 4.74 Å². The van der Waals surface area contributed by atoms with E-state index < -0.39 is 5.97 Å². The molecule has 4 rings (SSSR count). The van der Waals surface area contributed by atoms with Crippen molar-refractivity contribution < 1.29 is 9.53 Å². The van der Waals surface area contributed by atoms with Crippen molar-refractivity contribution in [3.8, 4) is 17.1 Å². The third-order valence-corrected chi connectivity index (χ3v) is 5.70. The molecule has 28 heavy (non-hydrogen) atoms. The summed E-state index contributed by atoms with van der Waals surface area (Å²) in [5.41, 5.74) is 1.06. The van der Waals surface area contributed by atoms with Crippen LogP contribution in [-0.4, -0.2) is 25.6 Å². The SMILES string of the molecule is CC(=O)Oc1c(Br)cc(Br)cc1/C=c1\sc2nc(-c3ccncc3)nn2c1=O. The Bertz CT molecular complexity index is 1320. The average molecular weight is 522 g/mol. The Hall–Kier alpha value is -2.43. The third-order valence-electron chi connectivity index (χ3n) is 3.69. The highest BCUT2D eigenvalue weighted by Crippen LogP contribution is 2.33. The van der Waals surface area contributed by atoms with E-state index in [9.17, 15) is 9.59 Å². The first-order chi connectivity index (χ1) is 13.4. The van der Waals surface area contributed by atoms with Gasteiger partial charge in [0.1, 0.15) is 0 Å². The lowest BCUT2D eigenvalue weighted by molar-refractivity contribution is -0.131. The molecule has 0 saturated carbocycles. The second-order valence-electron chi connectivity index (χ2n) is 5.68. The lowest BCUT2D eigenvalue weighted by atomic mass is 10.2. The quantitative estimate of drug-likeness (QED) is 0.304.